The van der Waals surface area contributed by atoms with Gasteiger partial charge in [-0.2, -0.15) is 0 Å². The third-order valence-corrected chi connectivity index (χ3v) is 9.02. The molecule has 2 atom stereocenters. The minimum absolute atomic E-state index is 0.0729. The Morgan fingerprint density at radius 3 is 2.17 bits per heavy atom. The van der Waals surface area contributed by atoms with Crippen molar-refractivity contribution in [2.45, 2.75) is 57.8 Å². The molecule has 0 aromatic heterocycles. The van der Waals surface area contributed by atoms with Gasteiger partial charge in [0.25, 0.3) is 0 Å². The van der Waals surface area contributed by atoms with Gasteiger partial charge in [-0.25, -0.2) is 0 Å². The van der Waals surface area contributed by atoms with Crippen LogP contribution in [0.5, 0.6) is 0 Å². The highest BCUT2D eigenvalue weighted by Crippen LogP contribution is 2.39. The van der Waals surface area contributed by atoms with E-state index in [9.17, 15) is 14.9 Å². The van der Waals surface area contributed by atoms with E-state index in [1.807, 2.05) is 30.3 Å². The average molecular weight is 337 g/mol. The smallest absolute Gasteiger partial charge is 0.213 e. The van der Waals surface area contributed by atoms with Crippen LogP contribution < -0.4 is 0 Å². The van der Waals surface area contributed by atoms with Gasteiger partial charge in [-0.15, -0.1) is 0 Å². The molecule has 0 radical (unpaired) electrons. The normalized spacial score (nSPS) is 15.0. The Labute approximate surface area is 139 Å². The van der Waals surface area contributed by atoms with Gasteiger partial charge in [0.15, 0.2) is 14.1 Å². The van der Waals surface area contributed by atoms with Crippen molar-refractivity contribution < 1.29 is 14.1 Å². The molecular formula is C17H27NO4Si. The highest BCUT2D eigenvalue weighted by molar-refractivity contribution is 6.74. The van der Waals surface area contributed by atoms with E-state index in [0.717, 1.165) is 5.56 Å². The molecule has 0 spiro atoms. The summed E-state index contributed by atoms with van der Waals surface area (Å²) in [6.45, 7) is 11.5. The molecule has 0 aliphatic rings. The Kier molecular flexibility index (Phi) is 6.24. The maximum Gasteiger partial charge on any atom is 0.213 e. The predicted molar refractivity (Wildman–Crippen MR) is 93.8 cm³/mol. The van der Waals surface area contributed by atoms with Crippen LogP contribution in [-0.4, -0.2) is 31.7 Å². The first-order valence-electron chi connectivity index (χ1n) is 7.80. The molecule has 0 saturated heterocycles. The van der Waals surface area contributed by atoms with Crippen LogP contribution in [0.15, 0.2) is 30.3 Å². The molecule has 1 aromatic rings. The second-order valence-corrected chi connectivity index (χ2v) is 12.2. The summed E-state index contributed by atoms with van der Waals surface area (Å²) in [5.74, 6) is -0.733. The number of hydrogen-bond acceptors (Lipinski definition) is 4. The lowest BCUT2D eigenvalue weighted by atomic mass is 9.91. The number of carbonyl (C=O) groups is 1. The zero-order chi connectivity index (χ0) is 17.8. The lowest BCUT2D eigenvalue weighted by Crippen LogP contribution is -2.48. The monoisotopic (exact) mass is 337 g/mol. The molecule has 0 aliphatic heterocycles. The summed E-state index contributed by atoms with van der Waals surface area (Å²) < 4.78 is 6.27. The molecule has 128 valence electrons. The minimum Gasteiger partial charge on any atom is -0.406 e. The van der Waals surface area contributed by atoms with Gasteiger partial charge in [-0.1, -0.05) is 51.1 Å². The van der Waals surface area contributed by atoms with Crippen LogP contribution in [0.2, 0.25) is 18.1 Å². The maximum absolute atomic E-state index is 12.2. The summed E-state index contributed by atoms with van der Waals surface area (Å²) in [5, 5.41) is 11.0. The van der Waals surface area contributed by atoms with E-state index >= 15 is 0 Å². The summed E-state index contributed by atoms with van der Waals surface area (Å²) >= 11 is 0. The predicted octanol–water partition coefficient (Wildman–Crippen LogP) is 4.03. The van der Waals surface area contributed by atoms with Gasteiger partial charge in [0, 0.05) is 4.92 Å². The number of ketones is 1. The average Bonchev–Trinajstić information content (AvgIpc) is 2.42. The van der Waals surface area contributed by atoms with E-state index in [1.54, 1.807) is 0 Å². The molecule has 0 amide bonds. The highest BCUT2D eigenvalue weighted by atomic mass is 28.4. The summed E-state index contributed by atoms with van der Waals surface area (Å²) in [6.07, 6.45) is -0.788. The van der Waals surface area contributed by atoms with Crippen molar-refractivity contribution in [3.05, 3.63) is 46.0 Å². The number of Topliss-reactive ketones (excluding diaryl/α,β-unsaturated/α-hetero) is 1. The molecule has 5 nitrogen and oxygen atoms in total. The molecule has 2 unspecified atom stereocenters. The van der Waals surface area contributed by atoms with E-state index in [-0.39, 0.29) is 22.3 Å². The number of benzene rings is 1. The van der Waals surface area contributed by atoms with Crippen LogP contribution >= 0.6 is 0 Å². The Morgan fingerprint density at radius 2 is 1.78 bits per heavy atom. The third-order valence-electron chi connectivity index (χ3n) is 4.57. The highest BCUT2D eigenvalue weighted by Gasteiger charge is 2.43. The number of carbonyl (C=O) groups excluding carboxylic acids is 1. The van der Waals surface area contributed by atoms with Crippen LogP contribution in [0.3, 0.4) is 0 Å². The first-order chi connectivity index (χ1) is 10.5. The van der Waals surface area contributed by atoms with Crippen molar-refractivity contribution in [3.63, 3.8) is 0 Å². The molecule has 6 heteroatoms. The molecule has 0 saturated carbocycles. The Morgan fingerprint density at radius 1 is 1.26 bits per heavy atom. The lowest BCUT2D eigenvalue weighted by Gasteiger charge is -2.40. The molecular weight excluding hydrogens is 310 g/mol. The number of hydrogen-bond donors (Lipinski definition) is 0. The van der Waals surface area contributed by atoms with Crippen LogP contribution in [0.25, 0.3) is 0 Å². The standard InChI is InChI=1S/C17H27NO4Si/c1-13(19)16(22-23(5,6)17(2,3)4)15(12-18(20)21)14-10-8-7-9-11-14/h7-11,15-16H,12H2,1-6H3. The van der Waals surface area contributed by atoms with E-state index in [2.05, 4.69) is 33.9 Å². The lowest BCUT2D eigenvalue weighted by molar-refractivity contribution is -0.484. The first kappa shape index (κ1) is 19.5. The summed E-state index contributed by atoms with van der Waals surface area (Å²) in [5.41, 5.74) is 0.767. The zero-order valence-corrected chi connectivity index (χ0v) is 15.8. The van der Waals surface area contributed by atoms with Crippen molar-refractivity contribution in [1.29, 1.82) is 0 Å². The van der Waals surface area contributed by atoms with E-state index in [1.165, 1.54) is 6.92 Å². The van der Waals surface area contributed by atoms with Crippen molar-refractivity contribution in [1.82, 2.24) is 0 Å². The van der Waals surface area contributed by atoms with E-state index in [4.69, 9.17) is 4.43 Å². The Bertz CT molecular complexity index is 551. The molecule has 1 rings (SSSR count). The maximum atomic E-state index is 12.2. The molecule has 0 aliphatic carbocycles. The van der Waals surface area contributed by atoms with Crippen LogP contribution in [-0.2, 0) is 9.22 Å². The van der Waals surface area contributed by atoms with Crippen LogP contribution in [0.1, 0.15) is 39.2 Å². The summed E-state index contributed by atoms with van der Waals surface area (Å²) in [6, 6.07) is 9.14. The van der Waals surface area contributed by atoms with E-state index in [0.29, 0.717) is 0 Å². The quantitative estimate of drug-likeness (QED) is 0.428. The van der Waals surface area contributed by atoms with Crippen molar-refractivity contribution in [3.8, 4) is 0 Å². The SMILES string of the molecule is CC(=O)C(O[Si](C)(C)C(C)(C)C)C(C[N+](=O)[O-])c1ccccc1. The molecule has 23 heavy (non-hydrogen) atoms. The van der Waals surface area contributed by atoms with Gasteiger partial charge < -0.3 is 4.43 Å². The largest absolute Gasteiger partial charge is 0.406 e. The third kappa shape index (κ3) is 5.25. The van der Waals surface area contributed by atoms with Crippen molar-refractivity contribution in [2.24, 2.45) is 0 Å². The van der Waals surface area contributed by atoms with Crippen LogP contribution in [0, 0.1) is 10.1 Å². The van der Waals surface area contributed by atoms with Gasteiger partial charge >= 0.3 is 0 Å². The Balaban J connectivity index is 3.22. The number of rotatable bonds is 7. The topological polar surface area (TPSA) is 69.4 Å². The van der Waals surface area contributed by atoms with Gasteiger partial charge in [-0.05, 0) is 30.6 Å². The summed E-state index contributed by atoms with van der Waals surface area (Å²) in [4.78, 5) is 23.0. The van der Waals surface area contributed by atoms with Crippen molar-refractivity contribution in [2.75, 3.05) is 6.54 Å². The fraction of sp³-hybridized carbons (Fsp3) is 0.588. The van der Waals surface area contributed by atoms with Gasteiger partial charge in [0.1, 0.15) is 6.10 Å². The Hall–Kier alpha value is -1.53. The fourth-order valence-corrected chi connectivity index (χ4v) is 3.50. The minimum atomic E-state index is -2.22. The summed E-state index contributed by atoms with van der Waals surface area (Å²) in [7, 11) is -2.22. The zero-order valence-electron chi connectivity index (χ0n) is 14.8. The van der Waals surface area contributed by atoms with Crippen LogP contribution in [0.4, 0.5) is 0 Å². The molecule has 0 heterocycles. The molecule has 0 N–H and O–H groups in total. The van der Waals surface area contributed by atoms with E-state index < -0.39 is 20.3 Å². The number of nitro groups is 1. The fourth-order valence-electron chi connectivity index (χ4n) is 2.18. The molecule has 0 fully saturated rings. The van der Waals surface area contributed by atoms with Gasteiger partial charge in [0.2, 0.25) is 6.54 Å². The van der Waals surface area contributed by atoms with Crippen molar-refractivity contribution >= 4 is 14.1 Å². The molecule has 0 bridgehead atoms. The number of nitrogens with zero attached hydrogens (tertiary/aromatic N) is 1. The second-order valence-electron chi connectivity index (χ2n) is 7.44. The second kappa shape index (κ2) is 7.36. The van der Waals surface area contributed by atoms with Gasteiger partial charge in [0.05, 0.1) is 5.92 Å². The molecule has 1 aromatic carbocycles. The first-order valence-corrected chi connectivity index (χ1v) is 10.7. The van der Waals surface area contributed by atoms with Gasteiger partial charge in [-0.3, -0.25) is 14.9 Å².